The van der Waals surface area contributed by atoms with Crippen LogP contribution in [-0.2, 0) is 6.54 Å². The molecule has 0 saturated carbocycles. The summed E-state index contributed by atoms with van der Waals surface area (Å²) in [4.78, 5) is 13.9. The molecule has 0 saturated heterocycles. The number of Topliss-reactive ketones (excluding diaryl/α,β-unsaturated/α-hetero) is 1. The molecule has 0 N–H and O–H groups in total. The lowest BCUT2D eigenvalue weighted by Gasteiger charge is -2.01. The third-order valence-corrected chi connectivity index (χ3v) is 3.45. The normalized spacial score (nSPS) is 10.7. The molecule has 2 aromatic heterocycles. The number of aryl methyl sites for hydroxylation is 3. The fraction of sp³-hybridized carbons (Fsp3) is 0.333. The molecule has 0 atom stereocenters. The summed E-state index contributed by atoms with van der Waals surface area (Å²) in [5.41, 5.74) is 1.98. The number of rotatable bonds is 3. The maximum absolute atomic E-state index is 11.9. The van der Waals surface area contributed by atoms with Crippen molar-refractivity contribution in [1.29, 1.82) is 0 Å². The molecule has 0 spiro atoms. The maximum Gasteiger partial charge on any atom is 0.194 e. The van der Waals surface area contributed by atoms with Crippen LogP contribution in [0.25, 0.3) is 0 Å². The van der Waals surface area contributed by atoms with E-state index in [4.69, 9.17) is 0 Å². The standard InChI is InChI=1S/C12H14N2OS/c1-8-6-9(2)14(13-8)7-11(15)12-5-4-10(3)16-12/h4-6H,7H2,1-3H3. The van der Waals surface area contributed by atoms with Crippen LogP contribution >= 0.6 is 11.3 Å². The molecule has 2 aromatic rings. The van der Waals surface area contributed by atoms with Crippen molar-refractivity contribution in [2.24, 2.45) is 0 Å². The molecule has 0 unspecified atom stereocenters. The Kier molecular flexibility index (Phi) is 2.92. The van der Waals surface area contributed by atoms with E-state index in [1.165, 1.54) is 11.3 Å². The highest BCUT2D eigenvalue weighted by atomic mass is 32.1. The van der Waals surface area contributed by atoms with E-state index in [1.807, 2.05) is 39.0 Å². The van der Waals surface area contributed by atoms with Crippen LogP contribution in [0.3, 0.4) is 0 Å². The van der Waals surface area contributed by atoms with Gasteiger partial charge in [-0.2, -0.15) is 5.10 Å². The summed E-state index contributed by atoms with van der Waals surface area (Å²) < 4.78 is 1.76. The number of ketones is 1. The van der Waals surface area contributed by atoms with Crippen molar-refractivity contribution in [2.75, 3.05) is 0 Å². The van der Waals surface area contributed by atoms with E-state index in [0.29, 0.717) is 6.54 Å². The maximum atomic E-state index is 11.9. The van der Waals surface area contributed by atoms with Gasteiger partial charge in [0, 0.05) is 10.6 Å². The van der Waals surface area contributed by atoms with Crippen LogP contribution in [0.1, 0.15) is 25.9 Å². The van der Waals surface area contributed by atoms with Gasteiger partial charge in [-0.05, 0) is 39.0 Å². The van der Waals surface area contributed by atoms with Gasteiger partial charge >= 0.3 is 0 Å². The van der Waals surface area contributed by atoms with Gasteiger partial charge in [-0.25, -0.2) is 0 Å². The quantitative estimate of drug-likeness (QED) is 0.765. The summed E-state index contributed by atoms with van der Waals surface area (Å²) in [6.45, 7) is 6.24. The molecule has 0 radical (unpaired) electrons. The van der Waals surface area contributed by atoms with Crippen LogP contribution in [0, 0.1) is 20.8 Å². The Morgan fingerprint density at radius 1 is 1.38 bits per heavy atom. The van der Waals surface area contributed by atoms with E-state index in [-0.39, 0.29) is 5.78 Å². The van der Waals surface area contributed by atoms with Crippen molar-refractivity contribution < 1.29 is 4.79 Å². The van der Waals surface area contributed by atoms with Gasteiger partial charge in [0.1, 0.15) is 6.54 Å². The molecular weight excluding hydrogens is 220 g/mol. The Bertz CT molecular complexity index is 525. The zero-order valence-corrected chi connectivity index (χ0v) is 10.5. The monoisotopic (exact) mass is 234 g/mol. The topological polar surface area (TPSA) is 34.9 Å². The molecule has 0 aliphatic rings. The fourth-order valence-corrected chi connectivity index (χ4v) is 2.43. The lowest BCUT2D eigenvalue weighted by Crippen LogP contribution is -2.11. The van der Waals surface area contributed by atoms with Gasteiger partial charge in [0.05, 0.1) is 10.6 Å². The number of thiophene rings is 1. The average Bonchev–Trinajstić information content (AvgIpc) is 2.74. The second kappa shape index (κ2) is 4.22. The predicted octanol–water partition coefficient (Wildman–Crippen LogP) is 2.75. The zero-order valence-electron chi connectivity index (χ0n) is 9.65. The summed E-state index contributed by atoms with van der Waals surface area (Å²) in [6.07, 6.45) is 0. The van der Waals surface area contributed by atoms with Crippen molar-refractivity contribution in [1.82, 2.24) is 9.78 Å². The van der Waals surface area contributed by atoms with Crippen molar-refractivity contribution in [3.63, 3.8) is 0 Å². The first kappa shape index (κ1) is 11.1. The van der Waals surface area contributed by atoms with Gasteiger partial charge in [-0.1, -0.05) is 0 Å². The van der Waals surface area contributed by atoms with E-state index in [1.54, 1.807) is 4.68 Å². The Morgan fingerprint density at radius 3 is 2.62 bits per heavy atom. The summed E-state index contributed by atoms with van der Waals surface area (Å²) >= 11 is 1.54. The van der Waals surface area contributed by atoms with E-state index < -0.39 is 0 Å². The molecule has 0 amide bonds. The van der Waals surface area contributed by atoms with Gasteiger partial charge in [-0.15, -0.1) is 11.3 Å². The summed E-state index contributed by atoms with van der Waals surface area (Å²) in [7, 11) is 0. The van der Waals surface area contributed by atoms with Crippen LogP contribution in [0.5, 0.6) is 0 Å². The highest BCUT2D eigenvalue weighted by molar-refractivity contribution is 7.14. The Labute approximate surface area is 98.7 Å². The lowest BCUT2D eigenvalue weighted by atomic mass is 10.3. The van der Waals surface area contributed by atoms with Crippen molar-refractivity contribution >= 4 is 17.1 Å². The van der Waals surface area contributed by atoms with Crippen LogP contribution < -0.4 is 0 Å². The van der Waals surface area contributed by atoms with E-state index >= 15 is 0 Å². The van der Waals surface area contributed by atoms with Crippen molar-refractivity contribution in [3.05, 3.63) is 39.3 Å². The van der Waals surface area contributed by atoms with Gasteiger partial charge in [0.25, 0.3) is 0 Å². The first-order valence-electron chi connectivity index (χ1n) is 5.17. The first-order chi connectivity index (χ1) is 7.56. The van der Waals surface area contributed by atoms with Gasteiger partial charge in [0.2, 0.25) is 0 Å². The minimum Gasteiger partial charge on any atom is -0.291 e. The molecule has 0 aliphatic heterocycles. The number of aromatic nitrogens is 2. The number of hydrogen-bond donors (Lipinski definition) is 0. The molecule has 0 fully saturated rings. The molecular formula is C12H14N2OS. The van der Waals surface area contributed by atoms with E-state index in [9.17, 15) is 4.79 Å². The number of carbonyl (C=O) groups is 1. The second-order valence-corrected chi connectivity index (χ2v) is 5.21. The molecule has 0 aliphatic carbocycles. The van der Waals surface area contributed by atoms with E-state index in [2.05, 4.69) is 5.10 Å². The highest BCUT2D eigenvalue weighted by Crippen LogP contribution is 2.16. The van der Waals surface area contributed by atoms with Crippen LogP contribution in [-0.4, -0.2) is 15.6 Å². The number of hydrogen-bond acceptors (Lipinski definition) is 3. The Morgan fingerprint density at radius 2 is 2.12 bits per heavy atom. The molecule has 4 heteroatoms. The molecule has 2 heterocycles. The SMILES string of the molecule is Cc1cc(C)n(CC(=O)c2ccc(C)s2)n1. The van der Waals surface area contributed by atoms with Crippen molar-refractivity contribution in [2.45, 2.75) is 27.3 Å². The van der Waals surface area contributed by atoms with Gasteiger partial charge in [-0.3, -0.25) is 9.48 Å². The third kappa shape index (κ3) is 2.22. The lowest BCUT2D eigenvalue weighted by molar-refractivity contribution is 0.0970. The van der Waals surface area contributed by atoms with Crippen LogP contribution in [0.4, 0.5) is 0 Å². The second-order valence-electron chi connectivity index (χ2n) is 3.92. The summed E-state index contributed by atoms with van der Waals surface area (Å²) in [5, 5.41) is 4.28. The van der Waals surface area contributed by atoms with Gasteiger partial charge in [0.15, 0.2) is 5.78 Å². The minimum absolute atomic E-state index is 0.129. The Hall–Kier alpha value is -1.42. The van der Waals surface area contributed by atoms with Crippen LogP contribution in [0.15, 0.2) is 18.2 Å². The van der Waals surface area contributed by atoms with Gasteiger partial charge < -0.3 is 0 Å². The zero-order chi connectivity index (χ0) is 11.7. The largest absolute Gasteiger partial charge is 0.291 e. The van der Waals surface area contributed by atoms with Crippen LogP contribution in [0.2, 0.25) is 0 Å². The third-order valence-electron chi connectivity index (χ3n) is 2.41. The summed E-state index contributed by atoms with van der Waals surface area (Å²) in [5.74, 6) is 0.129. The highest BCUT2D eigenvalue weighted by Gasteiger charge is 2.11. The van der Waals surface area contributed by atoms with Crippen molar-refractivity contribution in [3.8, 4) is 0 Å². The molecule has 0 aromatic carbocycles. The predicted molar refractivity (Wildman–Crippen MR) is 65.1 cm³/mol. The minimum atomic E-state index is 0.129. The molecule has 84 valence electrons. The Balaban J connectivity index is 2.16. The average molecular weight is 234 g/mol. The number of carbonyl (C=O) groups excluding carboxylic acids is 1. The molecule has 3 nitrogen and oxygen atoms in total. The van der Waals surface area contributed by atoms with E-state index in [0.717, 1.165) is 21.1 Å². The number of nitrogens with zero attached hydrogens (tertiary/aromatic N) is 2. The smallest absolute Gasteiger partial charge is 0.194 e. The first-order valence-corrected chi connectivity index (χ1v) is 5.98. The molecule has 0 bridgehead atoms. The molecule has 2 rings (SSSR count). The summed E-state index contributed by atoms with van der Waals surface area (Å²) in [6, 6.07) is 5.83. The fourth-order valence-electron chi connectivity index (χ4n) is 1.63. The molecule has 16 heavy (non-hydrogen) atoms.